The van der Waals surface area contributed by atoms with Gasteiger partial charge in [0.2, 0.25) is 15.9 Å². The maximum atomic E-state index is 12.6. The highest BCUT2D eigenvalue weighted by molar-refractivity contribution is 7.89. The van der Waals surface area contributed by atoms with Gasteiger partial charge in [-0.2, -0.15) is 9.82 Å². The first-order chi connectivity index (χ1) is 12.7. The Labute approximate surface area is 174 Å². The molecule has 1 saturated carbocycles. The normalized spacial score (nSPS) is 16.9. The molecule has 1 aromatic rings. The number of nitrogens with zero attached hydrogens (tertiary/aromatic N) is 2. The van der Waals surface area contributed by atoms with Gasteiger partial charge in [0.25, 0.3) is 0 Å². The summed E-state index contributed by atoms with van der Waals surface area (Å²) in [6.07, 6.45) is 7.51. The molecule has 0 radical (unpaired) electrons. The van der Waals surface area contributed by atoms with Gasteiger partial charge in [-0.1, -0.05) is 25.7 Å². The first-order valence-electron chi connectivity index (χ1n) is 9.76. The van der Waals surface area contributed by atoms with Crippen molar-refractivity contribution in [3.8, 4) is 0 Å². The Morgan fingerprint density at radius 2 is 1.79 bits per heavy atom. The van der Waals surface area contributed by atoms with Gasteiger partial charge < -0.3 is 10.6 Å². The zero-order chi connectivity index (χ0) is 20.0. The average Bonchev–Trinajstić information content (AvgIpc) is 2.78. The number of aryl methyl sites for hydroxylation is 2. The summed E-state index contributed by atoms with van der Waals surface area (Å²) in [7, 11) is -2.11. The fourth-order valence-electron chi connectivity index (χ4n) is 3.59. The third kappa shape index (κ3) is 6.72. The summed E-state index contributed by atoms with van der Waals surface area (Å²) in [5.41, 5.74) is 0.961. The number of nitrogens with one attached hydrogen (secondary N) is 3. The molecule has 0 spiro atoms. The number of amides is 1. The molecule has 162 valence electrons. The minimum Gasteiger partial charge on any atom is -0.353 e. The quantitative estimate of drug-likeness (QED) is 0.424. The largest absolute Gasteiger partial charge is 0.353 e. The Morgan fingerprint density at radius 3 is 2.32 bits per heavy atom. The molecular weight excluding hydrogens is 402 g/mol. The lowest BCUT2D eigenvalue weighted by molar-refractivity contribution is -0.122. The zero-order valence-corrected chi connectivity index (χ0v) is 18.9. The number of hydrogen-bond donors (Lipinski definition) is 3. The van der Waals surface area contributed by atoms with Crippen LogP contribution in [0.25, 0.3) is 0 Å². The van der Waals surface area contributed by atoms with Gasteiger partial charge in [-0.15, -0.1) is 12.4 Å². The van der Waals surface area contributed by atoms with E-state index in [9.17, 15) is 13.2 Å². The third-order valence-corrected chi connectivity index (χ3v) is 6.94. The highest BCUT2D eigenvalue weighted by Crippen LogP contribution is 2.19. The summed E-state index contributed by atoms with van der Waals surface area (Å²) in [6.45, 7) is 6.06. The van der Waals surface area contributed by atoms with Crippen molar-refractivity contribution in [2.75, 3.05) is 13.1 Å². The van der Waals surface area contributed by atoms with Crippen molar-refractivity contribution in [3.05, 3.63) is 11.4 Å². The van der Waals surface area contributed by atoms with Crippen molar-refractivity contribution in [3.63, 3.8) is 0 Å². The molecule has 1 amide bonds. The van der Waals surface area contributed by atoms with E-state index in [4.69, 9.17) is 0 Å². The molecule has 8 nitrogen and oxygen atoms in total. The smallest absolute Gasteiger partial charge is 0.244 e. The molecule has 0 bridgehead atoms. The molecule has 28 heavy (non-hydrogen) atoms. The number of carbonyl (C=O) groups excluding carboxylic acids is 1. The monoisotopic (exact) mass is 435 g/mol. The Balaban J connectivity index is 0.00000392. The highest BCUT2D eigenvalue weighted by Gasteiger charge is 2.27. The number of aromatic nitrogens is 2. The van der Waals surface area contributed by atoms with Crippen LogP contribution in [-0.2, 0) is 21.9 Å². The van der Waals surface area contributed by atoms with Crippen LogP contribution in [0.15, 0.2) is 4.90 Å². The van der Waals surface area contributed by atoms with Crippen LogP contribution in [0.5, 0.6) is 0 Å². The number of sulfonamides is 1. The van der Waals surface area contributed by atoms with E-state index in [-0.39, 0.29) is 23.2 Å². The summed E-state index contributed by atoms with van der Waals surface area (Å²) in [6, 6.07) is -0.330. The lowest BCUT2D eigenvalue weighted by Gasteiger charge is -2.18. The van der Waals surface area contributed by atoms with Crippen molar-refractivity contribution < 1.29 is 13.2 Å². The Kier molecular flexibility index (Phi) is 9.89. The second-order valence-electron chi connectivity index (χ2n) is 7.40. The predicted octanol–water partition coefficient (Wildman–Crippen LogP) is 1.55. The second kappa shape index (κ2) is 11.1. The summed E-state index contributed by atoms with van der Waals surface area (Å²) >= 11 is 0. The molecule has 1 heterocycles. The SMILES string of the molecule is Cc1nn(C)c(C)c1S(=O)(=O)NC(C)C(=O)NCCNC1CCCCCC1.Cl. The van der Waals surface area contributed by atoms with E-state index in [0.29, 0.717) is 30.5 Å². The van der Waals surface area contributed by atoms with Gasteiger partial charge in [0.15, 0.2) is 0 Å². The number of hydrogen-bond acceptors (Lipinski definition) is 5. The minimum atomic E-state index is -3.81. The van der Waals surface area contributed by atoms with E-state index >= 15 is 0 Å². The van der Waals surface area contributed by atoms with Gasteiger partial charge >= 0.3 is 0 Å². The van der Waals surface area contributed by atoms with Crippen molar-refractivity contribution in [2.24, 2.45) is 7.05 Å². The lowest BCUT2D eigenvalue weighted by atomic mass is 10.1. The molecule has 1 fully saturated rings. The molecule has 0 aromatic carbocycles. The summed E-state index contributed by atoms with van der Waals surface area (Å²) in [4.78, 5) is 12.4. The summed E-state index contributed by atoms with van der Waals surface area (Å²) in [5, 5.41) is 10.4. The maximum absolute atomic E-state index is 12.6. The zero-order valence-electron chi connectivity index (χ0n) is 17.2. The van der Waals surface area contributed by atoms with Crippen LogP contribution < -0.4 is 15.4 Å². The molecule has 0 saturated heterocycles. The topological polar surface area (TPSA) is 105 Å². The van der Waals surface area contributed by atoms with Gasteiger partial charge in [0.1, 0.15) is 4.90 Å². The standard InChI is InChI=1S/C18H33N5O3S.ClH/c1-13-17(15(3)23(4)21-13)27(25,26)22-14(2)18(24)20-12-11-19-16-9-7-5-6-8-10-16;/h14,16,19,22H,5-12H2,1-4H3,(H,20,24);1H. The molecule has 1 aliphatic carbocycles. The van der Waals surface area contributed by atoms with Crippen molar-refractivity contribution in [2.45, 2.75) is 76.3 Å². The first kappa shape index (κ1) is 24.9. The summed E-state index contributed by atoms with van der Waals surface area (Å²) < 4.78 is 29.2. The lowest BCUT2D eigenvalue weighted by Crippen LogP contribution is -2.46. The molecule has 1 aliphatic rings. The van der Waals surface area contributed by atoms with Crippen molar-refractivity contribution in [1.29, 1.82) is 0 Å². The van der Waals surface area contributed by atoms with E-state index in [0.717, 1.165) is 0 Å². The fourth-order valence-corrected chi connectivity index (χ4v) is 5.23. The number of rotatable bonds is 8. The average molecular weight is 436 g/mol. The molecule has 10 heteroatoms. The van der Waals surface area contributed by atoms with Gasteiger partial charge in [-0.05, 0) is 33.6 Å². The fraction of sp³-hybridized carbons (Fsp3) is 0.778. The van der Waals surface area contributed by atoms with E-state index < -0.39 is 16.1 Å². The van der Waals surface area contributed by atoms with Crippen LogP contribution in [0.1, 0.15) is 56.8 Å². The van der Waals surface area contributed by atoms with Gasteiger partial charge in [-0.3, -0.25) is 9.48 Å². The van der Waals surface area contributed by atoms with E-state index in [1.807, 2.05) is 0 Å². The van der Waals surface area contributed by atoms with Gasteiger partial charge in [-0.25, -0.2) is 8.42 Å². The van der Waals surface area contributed by atoms with Crippen molar-refractivity contribution >= 4 is 28.3 Å². The number of carbonyl (C=O) groups is 1. The molecular formula is C18H34ClN5O3S. The van der Waals surface area contributed by atoms with Crippen LogP contribution in [0.4, 0.5) is 0 Å². The maximum Gasteiger partial charge on any atom is 0.244 e. The highest BCUT2D eigenvalue weighted by atomic mass is 35.5. The molecule has 1 aromatic heterocycles. The molecule has 3 N–H and O–H groups in total. The van der Waals surface area contributed by atoms with Crippen LogP contribution in [0.3, 0.4) is 0 Å². The minimum absolute atomic E-state index is 0. The summed E-state index contributed by atoms with van der Waals surface area (Å²) in [5.74, 6) is -0.333. The van der Waals surface area contributed by atoms with E-state index in [2.05, 4.69) is 20.5 Å². The molecule has 0 aliphatic heterocycles. The molecule has 1 atom stereocenters. The van der Waals surface area contributed by atoms with Crippen LogP contribution >= 0.6 is 12.4 Å². The van der Waals surface area contributed by atoms with Crippen LogP contribution in [-0.4, -0.2) is 49.3 Å². The predicted molar refractivity (Wildman–Crippen MR) is 112 cm³/mol. The van der Waals surface area contributed by atoms with Gasteiger partial charge in [0, 0.05) is 26.2 Å². The van der Waals surface area contributed by atoms with Crippen LogP contribution in [0, 0.1) is 13.8 Å². The number of halogens is 1. The van der Waals surface area contributed by atoms with E-state index in [1.165, 1.54) is 43.2 Å². The van der Waals surface area contributed by atoms with Crippen LogP contribution in [0.2, 0.25) is 0 Å². The third-order valence-electron chi connectivity index (χ3n) is 5.15. The van der Waals surface area contributed by atoms with Crippen molar-refractivity contribution in [1.82, 2.24) is 25.1 Å². The Hall–Kier alpha value is -1.16. The van der Waals surface area contributed by atoms with E-state index in [1.54, 1.807) is 27.8 Å². The second-order valence-corrected chi connectivity index (χ2v) is 9.05. The molecule has 1 unspecified atom stereocenters. The first-order valence-corrected chi connectivity index (χ1v) is 11.2. The Bertz CT molecular complexity index is 743. The molecule has 2 rings (SSSR count). The Morgan fingerprint density at radius 1 is 1.18 bits per heavy atom. The van der Waals surface area contributed by atoms with Gasteiger partial charge in [0.05, 0.1) is 17.4 Å².